The van der Waals surface area contributed by atoms with Gasteiger partial charge in [-0.15, -0.1) is 0 Å². The second-order valence-electron chi connectivity index (χ2n) is 5.08. The molecule has 120 valence electrons. The van der Waals surface area contributed by atoms with E-state index in [-0.39, 0.29) is 11.3 Å². The van der Waals surface area contributed by atoms with Crippen LogP contribution in [0.5, 0.6) is 11.5 Å². The molecule has 0 aliphatic heterocycles. The van der Waals surface area contributed by atoms with Gasteiger partial charge in [0.1, 0.15) is 5.75 Å². The quantitative estimate of drug-likeness (QED) is 0.511. The highest BCUT2D eigenvalue weighted by molar-refractivity contribution is 6.02. The van der Waals surface area contributed by atoms with Gasteiger partial charge in [-0.2, -0.15) is 5.10 Å². The van der Waals surface area contributed by atoms with Crippen LogP contribution in [0.1, 0.15) is 15.9 Å². The van der Waals surface area contributed by atoms with Crippen LogP contribution in [0.3, 0.4) is 0 Å². The molecular formula is C18H13FN2O3. The summed E-state index contributed by atoms with van der Waals surface area (Å²) in [6, 6.07) is 13.8. The van der Waals surface area contributed by atoms with Crippen molar-refractivity contribution in [3.8, 4) is 11.5 Å². The maximum atomic E-state index is 13.2. The fourth-order valence-corrected chi connectivity index (χ4v) is 2.29. The van der Waals surface area contributed by atoms with Gasteiger partial charge in [-0.05, 0) is 35.7 Å². The molecule has 0 atom stereocenters. The smallest absolute Gasteiger partial charge is 0.271 e. The number of nitrogens with one attached hydrogen (secondary N) is 1. The van der Waals surface area contributed by atoms with Crippen molar-refractivity contribution >= 4 is 22.9 Å². The van der Waals surface area contributed by atoms with Crippen molar-refractivity contribution in [2.24, 2.45) is 5.10 Å². The molecule has 0 radical (unpaired) electrons. The third-order valence-corrected chi connectivity index (χ3v) is 3.51. The van der Waals surface area contributed by atoms with E-state index in [1.165, 1.54) is 12.3 Å². The highest BCUT2D eigenvalue weighted by atomic mass is 19.1. The molecule has 0 aliphatic carbocycles. The first kappa shape index (κ1) is 15.5. The molecular weight excluding hydrogens is 311 g/mol. The standard InChI is InChI=1S/C18H13FN2O3/c19-15-9-11(5-8-17(15)23)18(24)21-20-10-12-6-7-16(22)14-4-2-1-3-13(12)14/h1-10,22-23H,(H,21,24)/b20-10+. The van der Waals surface area contributed by atoms with E-state index in [4.69, 9.17) is 5.11 Å². The predicted octanol–water partition coefficient (Wildman–Crippen LogP) is 3.15. The van der Waals surface area contributed by atoms with Gasteiger partial charge < -0.3 is 10.2 Å². The van der Waals surface area contributed by atoms with Crippen LogP contribution in [-0.4, -0.2) is 22.3 Å². The Labute approximate surface area is 136 Å². The van der Waals surface area contributed by atoms with Crippen molar-refractivity contribution in [1.82, 2.24) is 5.43 Å². The average molecular weight is 324 g/mol. The Kier molecular flexibility index (Phi) is 4.11. The second-order valence-corrected chi connectivity index (χ2v) is 5.08. The summed E-state index contributed by atoms with van der Waals surface area (Å²) in [5, 5.41) is 24.3. The second kappa shape index (κ2) is 6.37. The Bertz CT molecular complexity index is 954. The van der Waals surface area contributed by atoms with Crippen LogP contribution >= 0.6 is 0 Å². The lowest BCUT2D eigenvalue weighted by atomic mass is 10.0. The minimum absolute atomic E-state index is 0.0398. The van der Waals surface area contributed by atoms with Crippen LogP contribution < -0.4 is 5.43 Å². The van der Waals surface area contributed by atoms with Crippen LogP contribution in [0, 0.1) is 5.82 Å². The number of hydrogen-bond acceptors (Lipinski definition) is 4. The zero-order chi connectivity index (χ0) is 17.1. The number of carbonyl (C=O) groups excluding carboxylic acids is 1. The number of phenols is 2. The number of nitrogens with zero attached hydrogens (tertiary/aromatic N) is 1. The summed E-state index contributed by atoms with van der Waals surface area (Å²) < 4.78 is 13.2. The summed E-state index contributed by atoms with van der Waals surface area (Å²) >= 11 is 0. The number of halogens is 1. The first-order valence-electron chi connectivity index (χ1n) is 7.09. The van der Waals surface area contributed by atoms with Crippen LogP contribution in [-0.2, 0) is 0 Å². The summed E-state index contributed by atoms with van der Waals surface area (Å²) in [4.78, 5) is 11.9. The highest BCUT2D eigenvalue weighted by Gasteiger charge is 2.08. The summed E-state index contributed by atoms with van der Waals surface area (Å²) in [5.74, 6) is -1.85. The Morgan fingerprint density at radius 1 is 1.00 bits per heavy atom. The van der Waals surface area contributed by atoms with Crippen molar-refractivity contribution in [2.75, 3.05) is 0 Å². The van der Waals surface area contributed by atoms with Gasteiger partial charge in [0.15, 0.2) is 11.6 Å². The monoisotopic (exact) mass is 324 g/mol. The molecule has 5 nitrogen and oxygen atoms in total. The highest BCUT2D eigenvalue weighted by Crippen LogP contribution is 2.26. The maximum Gasteiger partial charge on any atom is 0.271 e. The fraction of sp³-hybridized carbons (Fsp3) is 0. The van der Waals surface area contributed by atoms with Crippen LogP contribution in [0.4, 0.5) is 4.39 Å². The van der Waals surface area contributed by atoms with E-state index < -0.39 is 17.5 Å². The fourth-order valence-electron chi connectivity index (χ4n) is 2.29. The van der Waals surface area contributed by atoms with Crippen molar-refractivity contribution in [3.63, 3.8) is 0 Å². The minimum atomic E-state index is -0.879. The van der Waals surface area contributed by atoms with Gasteiger partial charge in [0.2, 0.25) is 0 Å². The molecule has 0 aliphatic rings. The van der Waals surface area contributed by atoms with Crippen LogP contribution in [0.2, 0.25) is 0 Å². The van der Waals surface area contributed by atoms with Crippen molar-refractivity contribution < 1.29 is 19.4 Å². The number of fused-ring (bicyclic) bond motifs is 1. The molecule has 3 aromatic carbocycles. The summed E-state index contributed by atoms with van der Waals surface area (Å²) in [6.07, 6.45) is 1.44. The van der Waals surface area contributed by atoms with E-state index in [0.29, 0.717) is 10.9 Å². The van der Waals surface area contributed by atoms with Gasteiger partial charge in [-0.3, -0.25) is 4.79 Å². The van der Waals surface area contributed by atoms with E-state index in [0.717, 1.165) is 17.5 Å². The van der Waals surface area contributed by atoms with Crippen molar-refractivity contribution in [3.05, 3.63) is 71.5 Å². The normalized spacial score (nSPS) is 11.0. The first-order chi connectivity index (χ1) is 11.6. The Hall–Kier alpha value is -3.41. The third-order valence-electron chi connectivity index (χ3n) is 3.51. The summed E-state index contributed by atoms with van der Waals surface area (Å²) in [5.41, 5.74) is 3.04. The van der Waals surface area contributed by atoms with Crippen molar-refractivity contribution in [2.45, 2.75) is 0 Å². The molecule has 0 heterocycles. The molecule has 0 saturated heterocycles. The topological polar surface area (TPSA) is 81.9 Å². The molecule has 3 rings (SSSR count). The molecule has 6 heteroatoms. The van der Waals surface area contributed by atoms with E-state index in [2.05, 4.69) is 10.5 Å². The van der Waals surface area contributed by atoms with E-state index in [1.807, 2.05) is 18.2 Å². The van der Waals surface area contributed by atoms with E-state index in [9.17, 15) is 14.3 Å². The largest absolute Gasteiger partial charge is 0.507 e. The van der Waals surface area contributed by atoms with Gasteiger partial charge >= 0.3 is 0 Å². The van der Waals surface area contributed by atoms with Gasteiger partial charge in [0.25, 0.3) is 5.91 Å². The van der Waals surface area contributed by atoms with Crippen molar-refractivity contribution in [1.29, 1.82) is 0 Å². The molecule has 3 N–H and O–H groups in total. The summed E-state index contributed by atoms with van der Waals surface area (Å²) in [7, 11) is 0. The number of carbonyl (C=O) groups is 1. The predicted molar refractivity (Wildman–Crippen MR) is 88.7 cm³/mol. The molecule has 0 bridgehead atoms. The minimum Gasteiger partial charge on any atom is -0.507 e. The van der Waals surface area contributed by atoms with Crippen LogP contribution in [0.25, 0.3) is 10.8 Å². The third kappa shape index (κ3) is 3.03. The number of hydrogen-bond donors (Lipinski definition) is 3. The first-order valence-corrected chi connectivity index (χ1v) is 7.09. The lowest BCUT2D eigenvalue weighted by Crippen LogP contribution is -2.17. The zero-order valence-electron chi connectivity index (χ0n) is 12.4. The molecule has 24 heavy (non-hydrogen) atoms. The lowest BCUT2D eigenvalue weighted by Gasteiger charge is -2.04. The lowest BCUT2D eigenvalue weighted by molar-refractivity contribution is 0.0954. The van der Waals surface area contributed by atoms with Crippen LogP contribution in [0.15, 0.2) is 59.7 Å². The number of hydrazone groups is 1. The number of amides is 1. The Balaban J connectivity index is 1.80. The molecule has 0 fully saturated rings. The number of benzene rings is 3. The molecule has 0 unspecified atom stereocenters. The van der Waals surface area contributed by atoms with Gasteiger partial charge in [0, 0.05) is 16.5 Å². The average Bonchev–Trinajstić information content (AvgIpc) is 2.59. The Morgan fingerprint density at radius 2 is 1.71 bits per heavy atom. The number of phenolic OH excluding ortho intramolecular Hbond substituents is 2. The summed E-state index contributed by atoms with van der Waals surface area (Å²) in [6.45, 7) is 0. The molecule has 0 saturated carbocycles. The zero-order valence-corrected chi connectivity index (χ0v) is 12.4. The Morgan fingerprint density at radius 3 is 2.46 bits per heavy atom. The van der Waals surface area contributed by atoms with E-state index in [1.54, 1.807) is 18.2 Å². The molecule has 1 amide bonds. The molecule has 3 aromatic rings. The maximum absolute atomic E-state index is 13.2. The number of aromatic hydroxyl groups is 2. The van der Waals surface area contributed by atoms with Gasteiger partial charge in [-0.25, -0.2) is 9.82 Å². The SMILES string of the molecule is O=C(N/N=C/c1ccc(O)c2ccccc12)c1ccc(O)c(F)c1. The van der Waals surface area contributed by atoms with Gasteiger partial charge in [0.05, 0.1) is 6.21 Å². The van der Waals surface area contributed by atoms with Gasteiger partial charge in [-0.1, -0.05) is 24.3 Å². The van der Waals surface area contributed by atoms with E-state index >= 15 is 0 Å². The molecule has 0 aromatic heterocycles. The molecule has 0 spiro atoms. The number of rotatable bonds is 3.